The second-order valence-corrected chi connectivity index (χ2v) is 3.91. The molecule has 0 aliphatic rings. The van der Waals surface area contributed by atoms with Gasteiger partial charge in [0.25, 0.3) is 0 Å². The van der Waals surface area contributed by atoms with E-state index in [4.69, 9.17) is 10.5 Å². The van der Waals surface area contributed by atoms with Gasteiger partial charge in [-0.3, -0.25) is 4.79 Å². The number of ether oxygens (including phenoxy) is 1. The van der Waals surface area contributed by atoms with Crippen molar-refractivity contribution in [2.75, 3.05) is 19.8 Å². The number of hydrogen-bond acceptors (Lipinski definition) is 5. The van der Waals surface area contributed by atoms with Crippen LogP contribution < -0.4 is 11.1 Å². The first-order chi connectivity index (χ1) is 8.11. The van der Waals surface area contributed by atoms with Crippen molar-refractivity contribution < 1.29 is 9.53 Å². The van der Waals surface area contributed by atoms with Crippen LogP contribution >= 0.6 is 0 Å². The number of carbonyl (C=O) groups is 1. The molecule has 0 spiro atoms. The van der Waals surface area contributed by atoms with Gasteiger partial charge in [-0.2, -0.15) is 5.10 Å². The molecule has 7 nitrogen and oxygen atoms in total. The number of nitrogens with two attached hydrogens (primary N) is 1. The molecule has 3 N–H and O–H groups in total. The maximum absolute atomic E-state index is 10.4. The van der Waals surface area contributed by atoms with Crippen LogP contribution in [0.3, 0.4) is 0 Å². The molecular formula is C10H19N5O2. The third kappa shape index (κ3) is 4.92. The first-order valence-corrected chi connectivity index (χ1v) is 5.56. The highest BCUT2D eigenvalue weighted by Crippen LogP contribution is 2.04. The molecule has 0 fully saturated rings. The summed E-state index contributed by atoms with van der Waals surface area (Å²) in [6.07, 6.45) is 1.54. The quantitative estimate of drug-likeness (QED) is 0.595. The van der Waals surface area contributed by atoms with Crippen LogP contribution in [0.15, 0.2) is 6.33 Å². The standard InChI is InChI=1S/C10H19N5O2/c1-8(2)15-10(13-7-14-15)5-12-3-4-17-6-9(11)16/h7-8,12H,3-6H2,1-2H3,(H2,11,16). The minimum absolute atomic E-state index is 0.0378. The van der Waals surface area contributed by atoms with E-state index in [9.17, 15) is 4.79 Å². The molecule has 0 unspecified atom stereocenters. The Morgan fingerprint density at radius 2 is 2.41 bits per heavy atom. The Bertz CT molecular complexity index is 350. The van der Waals surface area contributed by atoms with Crippen molar-refractivity contribution in [3.63, 3.8) is 0 Å². The molecule has 1 heterocycles. The topological polar surface area (TPSA) is 95.1 Å². The summed E-state index contributed by atoms with van der Waals surface area (Å²) in [5.74, 6) is 0.430. The molecule has 0 saturated carbocycles. The first-order valence-electron chi connectivity index (χ1n) is 5.56. The lowest BCUT2D eigenvalue weighted by atomic mass is 10.4. The van der Waals surface area contributed by atoms with Crippen molar-refractivity contribution in [3.05, 3.63) is 12.2 Å². The van der Waals surface area contributed by atoms with E-state index in [1.807, 2.05) is 18.5 Å². The van der Waals surface area contributed by atoms with E-state index in [-0.39, 0.29) is 6.61 Å². The summed E-state index contributed by atoms with van der Waals surface area (Å²) >= 11 is 0. The average molecular weight is 241 g/mol. The van der Waals surface area contributed by atoms with Gasteiger partial charge in [0.15, 0.2) is 0 Å². The number of primary amides is 1. The van der Waals surface area contributed by atoms with E-state index in [0.717, 1.165) is 5.82 Å². The summed E-state index contributed by atoms with van der Waals surface area (Å²) in [5.41, 5.74) is 4.93. The van der Waals surface area contributed by atoms with Crippen LogP contribution in [0.25, 0.3) is 0 Å². The fraction of sp³-hybridized carbons (Fsp3) is 0.700. The average Bonchev–Trinajstić information content (AvgIpc) is 2.71. The number of amides is 1. The van der Waals surface area contributed by atoms with Gasteiger partial charge in [-0.25, -0.2) is 9.67 Å². The van der Waals surface area contributed by atoms with E-state index in [0.29, 0.717) is 25.7 Å². The van der Waals surface area contributed by atoms with Gasteiger partial charge in [-0.15, -0.1) is 0 Å². The molecule has 17 heavy (non-hydrogen) atoms. The van der Waals surface area contributed by atoms with Crippen molar-refractivity contribution in [3.8, 4) is 0 Å². The maximum atomic E-state index is 10.4. The van der Waals surface area contributed by atoms with Gasteiger partial charge >= 0.3 is 0 Å². The lowest BCUT2D eigenvalue weighted by molar-refractivity contribution is -0.122. The van der Waals surface area contributed by atoms with Crippen LogP contribution in [-0.2, 0) is 16.1 Å². The number of nitrogens with zero attached hydrogens (tertiary/aromatic N) is 3. The maximum Gasteiger partial charge on any atom is 0.243 e. The van der Waals surface area contributed by atoms with Crippen LogP contribution in [-0.4, -0.2) is 40.4 Å². The van der Waals surface area contributed by atoms with Gasteiger partial charge in [-0.1, -0.05) is 0 Å². The smallest absolute Gasteiger partial charge is 0.243 e. The third-order valence-electron chi connectivity index (χ3n) is 2.09. The Kier molecular flexibility index (Phi) is 5.58. The molecule has 0 saturated heterocycles. The Morgan fingerprint density at radius 1 is 1.65 bits per heavy atom. The largest absolute Gasteiger partial charge is 0.370 e. The summed E-state index contributed by atoms with van der Waals surface area (Å²) < 4.78 is 6.87. The second-order valence-electron chi connectivity index (χ2n) is 3.91. The van der Waals surface area contributed by atoms with Gasteiger partial charge in [0, 0.05) is 12.6 Å². The van der Waals surface area contributed by atoms with E-state index in [1.165, 1.54) is 0 Å². The zero-order chi connectivity index (χ0) is 12.7. The molecule has 0 aliphatic heterocycles. The van der Waals surface area contributed by atoms with E-state index in [1.54, 1.807) is 6.33 Å². The molecule has 1 aromatic heterocycles. The summed E-state index contributed by atoms with van der Waals surface area (Å²) in [4.78, 5) is 14.6. The van der Waals surface area contributed by atoms with E-state index in [2.05, 4.69) is 15.4 Å². The molecule has 7 heteroatoms. The third-order valence-corrected chi connectivity index (χ3v) is 2.09. The second kappa shape index (κ2) is 6.97. The van der Waals surface area contributed by atoms with Gasteiger partial charge in [-0.05, 0) is 13.8 Å². The highest BCUT2D eigenvalue weighted by Gasteiger charge is 2.06. The van der Waals surface area contributed by atoms with Gasteiger partial charge in [0.05, 0.1) is 13.2 Å². The van der Waals surface area contributed by atoms with Crippen molar-refractivity contribution >= 4 is 5.91 Å². The van der Waals surface area contributed by atoms with Crippen molar-refractivity contribution in [1.29, 1.82) is 0 Å². The number of hydrogen-bond donors (Lipinski definition) is 2. The predicted molar refractivity (Wildman–Crippen MR) is 62.1 cm³/mol. The molecule has 1 rings (SSSR count). The molecular weight excluding hydrogens is 222 g/mol. The molecule has 1 amide bonds. The molecule has 0 aliphatic carbocycles. The Hall–Kier alpha value is -1.47. The van der Waals surface area contributed by atoms with E-state index < -0.39 is 5.91 Å². The van der Waals surface area contributed by atoms with E-state index >= 15 is 0 Å². The minimum Gasteiger partial charge on any atom is -0.370 e. The summed E-state index contributed by atoms with van der Waals surface area (Å²) in [5, 5.41) is 7.28. The highest BCUT2D eigenvalue weighted by atomic mass is 16.5. The van der Waals surface area contributed by atoms with Crippen LogP contribution in [0, 0.1) is 0 Å². The monoisotopic (exact) mass is 241 g/mol. The van der Waals surface area contributed by atoms with Gasteiger partial charge < -0.3 is 15.8 Å². The highest BCUT2D eigenvalue weighted by molar-refractivity contribution is 5.74. The molecule has 0 aromatic carbocycles. The van der Waals surface area contributed by atoms with Crippen LogP contribution in [0.4, 0.5) is 0 Å². The fourth-order valence-electron chi connectivity index (χ4n) is 1.35. The zero-order valence-electron chi connectivity index (χ0n) is 10.2. The Balaban J connectivity index is 2.18. The number of nitrogens with one attached hydrogen (secondary N) is 1. The van der Waals surface area contributed by atoms with Crippen molar-refractivity contribution in [2.24, 2.45) is 5.73 Å². The SMILES string of the molecule is CC(C)n1ncnc1CNCCOCC(N)=O. The van der Waals surface area contributed by atoms with Crippen LogP contribution in [0.5, 0.6) is 0 Å². The first kappa shape index (κ1) is 13.6. The lowest BCUT2D eigenvalue weighted by Gasteiger charge is -2.09. The summed E-state index contributed by atoms with van der Waals surface area (Å²) in [7, 11) is 0. The molecule has 0 atom stereocenters. The molecule has 1 aromatic rings. The number of rotatable bonds is 8. The minimum atomic E-state index is -0.454. The van der Waals surface area contributed by atoms with Crippen LogP contribution in [0.1, 0.15) is 25.7 Å². The van der Waals surface area contributed by atoms with Crippen molar-refractivity contribution in [2.45, 2.75) is 26.4 Å². The fourth-order valence-corrected chi connectivity index (χ4v) is 1.35. The van der Waals surface area contributed by atoms with Gasteiger partial charge in [0.2, 0.25) is 5.91 Å². The Labute approximate surface area is 100 Å². The number of carbonyl (C=O) groups excluding carboxylic acids is 1. The molecule has 0 radical (unpaired) electrons. The normalized spacial score (nSPS) is 11.0. The molecule has 0 bridgehead atoms. The summed E-state index contributed by atoms with van der Waals surface area (Å²) in [6, 6.07) is 0.292. The van der Waals surface area contributed by atoms with Crippen molar-refractivity contribution in [1.82, 2.24) is 20.1 Å². The van der Waals surface area contributed by atoms with Gasteiger partial charge in [0.1, 0.15) is 18.8 Å². The lowest BCUT2D eigenvalue weighted by Crippen LogP contribution is -2.25. The number of aromatic nitrogens is 3. The Morgan fingerprint density at radius 3 is 3.06 bits per heavy atom. The van der Waals surface area contributed by atoms with Crippen LogP contribution in [0.2, 0.25) is 0 Å². The predicted octanol–water partition coefficient (Wildman–Crippen LogP) is -0.549. The summed E-state index contributed by atoms with van der Waals surface area (Å²) in [6.45, 7) is 5.77. The zero-order valence-corrected chi connectivity index (χ0v) is 10.2. The molecule has 96 valence electrons.